The summed E-state index contributed by atoms with van der Waals surface area (Å²) in [5.74, 6) is 1.88. The molecule has 2 atom stereocenters. The SMILES string of the molecule is CCNC1CCCC1c1nc(N(C)CC)no1. The minimum absolute atomic E-state index is 0.390. The van der Waals surface area contributed by atoms with Gasteiger partial charge in [0, 0.05) is 19.6 Å². The fourth-order valence-electron chi connectivity index (χ4n) is 2.44. The first-order chi connectivity index (χ1) is 8.26. The van der Waals surface area contributed by atoms with Gasteiger partial charge in [0.25, 0.3) is 5.95 Å². The molecule has 17 heavy (non-hydrogen) atoms. The van der Waals surface area contributed by atoms with Crippen molar-refractivity contribution in [2.75, 3.05) is 25.0 Å². The predicted octanol–water partition coefficient (Wildman–Crippen LogP) is 1.77. The van der Waals surface area contributed by atoms with Crippen LogP contribution in [0.1, 0.15) is 44.9 Å². The van der Waals surface area contributed by atoms with Crippen LogP contribution in [0.2, 0.25) is 0 Å². The summed E-state index contributed by atoms with van der Waals surface area (Å²) < 4.78 is 5.41. The van der Waals surface area contributed by atoms with Crippen molar-refractivity contribution < 1.29 is 4.52 Å². The highest BCUT2D eigenvalue weighted by Gasteiger charge is 2.32. The third-order valence-corrected chi connectivity index (χ3v) is 3.55. The van der Waals surface area contributed by atoms with E-state index in [9.17, 15) is 0 Å². The third-order valence-electron chi connectivity index (χ3n) is 3.55. The summed E-state index contributed by atoms with van der Waals surface area (Å²) in [6.07, 6.45) is 3.60. The number of nitrogens with zero attached hydrogens (tertiary/aromatic N) is 3. The molecular formula is C12H22N4O. The molecule has 0 amide bonds. The Morgan fingerprint density at radius 2 is 2.24 bits per heavy atom. The van der Waals surface area contributed by atoms with Crippen LogP contribution in [0.5, 0.6) is 0 Å². The zero-order chi connectivity index (χ0) is 12.3. The first-order valence-electron chi connectivity index (χ1n) is 6.54. The van der Waals surface area contributed by atoms with Crippen LogP contribution in [0, 0.1) is 0 Å². The summed E-state index contributed by atoms with van der Waals surface area (Å²) in [5.41, 5.74) is 0. The van der Waals surface area contributed by atoms with E-state index in [1.54, 1.807) is 0 Å². The van der Waals surface area contributed by atoms with Crippen LogP contribution in [-0.4, -0.2) is 36.3 Å². The Labute approximate surface area is 103 Å². The molecule has 1 aromatic heterocycles. The lowest BCUT2D eigenvalue weighted by atomic mass is 10.0. The highest BCUT2D eigenvalue weighted by Crippen LogP contribution is 2.34. The van der Waals surface area contributed by atoms with Crippen molar-refractivity contribution >= 4 is 5.95 Å². The first kappa shape index (κ1) is 12.4. The highest BCUT2D eigenvalue weighted by molar-refractivity contribution is 5.26. The van der Waals surface area contributed by atoms with Gasteiger partial charge in [-0.3, -0.25) is 0 Å². The largest absolute Gasteiger partial charge is 0.342 e. The molecule has 0 radical (unpaired) electrons. The van der Waals surface area contributed by atoms with Gasteiger partial charge in [0.05, 0.1) is 5.92 Å². The molecule has 1 aliphatic carbocycles. The average molecular weight is 238 g/mol. The van der Waals surface area contributed by atoms with Gasteiger partial charge in [-0.25, -0.2) is 0 Å². The highest BCUT2D eigenvalue weighted by atomic mass is 16.5. The first-order valence-corrected chi connectivity index (χ1v) is 6.54. The second kappa shape index (κ2) is 5.49. The summed E-state index contributed by atoms with van der Waals surface area (Å²) >= 11 is 0. The van der Waals surface area contributed by atoms with Crippen molar-refractivity contribution in [2.45, 2.75) is 45.1 Å². The van der Waals surface area contributed by atoms with Crippen molar-refractivity contribution in [1.82, 2.24) is 15.5 Å². The fourth-order valence-corrected chi connectivity index (χ4v) is 2.44. The van der Waals surface area contributed by atoms with Crippen molar-refractivity contribution in [3.05, 3.63) is 5.89 Å². The minimum Gasteiger partial charge on any atom is -0.342 e. The van der Waals surface area contributed by atoms with Gasteiger partial charge in [-0.1, -0.05) is 13.3 Å². The lowest BCUT2D eigenvalue weighted by Crippen LogP contribution is -2.31. The zero-order valence-electron chi connectivity index (χ0n) is 10.9. The zero-order valence-corrected chi connectivity index (χ0v) is 10.9. The van der Waals surface area contributed by atoms with Gasteiger partial charge in [-0.2, -0.15) is 4.98 Å². The molecule has 1 heterocycles. The fraction of sp³-hybridized carbons (Fsp3) is 0.833. The maximum atomic E-state index is 5.41. The van der Waals surface area contributed by atoms with Gasteiger partial charge in [0.1, 0.15) is 0 Å². The van der Waals surface area contributed by atoms with Crippen LogP contribution in [-0.2, 0) is 0 Å². The molecule has 1 fully saturated rings. The molecule has 1 N–H and O–H groups in total. The topological polar surface area (TPSA) is 54.2 Å². The summed E-state index contributed by atoms with van der Waals surface area (Å²) in [6, 6.07) is 0.500. The van der Waals surface area contributed by atoms with Crippen LogP contribution < -0.4 is 10.2 Å². The Balaban J connectivity index is 2.08. The third kappa shape index (κ3) is 2.60. The predicted molar refractivity (Wildman–Crippen MR) is 67.3 cm³/mol. The lowest BCUT2D eigenvalue weighted by molar-refractivity contribution is 0.331. The van der Waals surface area contributed by atoms with Gasteiger partial charge < -0.3 is 14.7 Å². The smallest absolute Gasteiger partial charge is 0.265 e. The second-order valence-corrected chi connectivity index (χ2v) is 4.65. The summed E-state index contributed by atoms with van der Waals surface area (Å²) in [6.45, 7) is 6.10. The van der Waals surface area contributed by atoms with Crippen molar-refractivity contribution in [3.8, 4) is 0 Å². The number of rotatable bonds is 5. The van der Waals surface area contributed by atoms with E-state index in [1.165, 1.54) is 12.8 Å². The van der Waals surface area contributed by atoms with E-state index in [0.717, 1.165) is 25.4 Å². The molecule has 0 aliphatic heterocycles. The molecule has 0 spiro atoms. The molecular weight excluding hydrogens is 216 g/mol. The average Bonchev–Trinajstić information content (AvgIpc) is 2.96. The van der Waals surface area contributed by atoms with Crippen molar-refractivity contribution in [1.29, 1.82) is 0 Å². The number of nitrogens with one attached hydrogen (secondary N) is 1. The van der Waals surface area contributed by atoms with E-state index < -0.39 is 0 Å². The Morgan fingerprint density at radius 3 is 2.94 bits per heavy atom. The maximum Gasteiger partial charge on any atom is 0.265 e. The number of anilines is 1. The van der Waals surface area contributed by atoms with Crippen LogP contribution >= 0.6 is 0 Å². The Bertz CT molecular complexity index is 352. The molecule has 1 aromatic rings. The molecule has 1 saturated carbocycles. The second-order valence-electron chi connectivity index (χ2n) is 4.65. The number of likely N-dealkylation sites (N-methyl/N-ethyl adjacent to an activating group) is 1. The molecule has 2 rings (SSSR count). The van der Waals surface area contributed by atoms with E-state index in [1.807, 2.05) is 11.9 Å². The Hall–Kier alpha value is -1.10. The molecule has 0 saturated heterocycles. The molecule has 1 aliphatic rings. The standard InChI is InChI=1S/C12H22N4O/c1-4-13-10-8-6-7-9(10)11-14-12(15-17-11)16(3)5-2/h9-10,13H,4-8H2,1-3H3. The quantitative estimate of drug-likeness (QED) is 0.847. The van der Waals surface area contributed by atoms with Crippen molar-refractivity contribution in [3.63, 3.8) is 0 Å². The Morgan fingerprint density at radius 1 is 1.41 bits per heavy atom. The van der Waals surface area contributed by atoms with Crippen molar-refractivity contribution in [2.24, 2.45) is 0 Å². The molecule has 5 heteroatoms. The van der Waals surface area contributed by atoms with E-state index in [4.69, 9.17) is 4.52 Å². The normalized spacial score (nSPS) is 24.2. The minimum atomic E-state index is 0.390. The molecule has 96 valence electrons. The summed E-state index contributed by atoms with van der Waals surface area (Å²) in [5, 5.41) is 7.54. The van der Waals surface area contributed by atoms with E-state index in [2.05, 4.69) is 29.3 Å². The monoisotopic (exact) mass is 238 g/mol. The number of hydrogen-bond acceptors (Lipinski definition) is 5. The van der Waals surface area contributed by atoms with Gasteiger partial charge in [-0.05, 0) is 31.5 Å². The molecule has 5 nitrogen and oxygen atoms in total. The molecule has 2 unspecified atom stereocenters. The van der Waals surface area contributed by atoms with Gasteiger partial charge in [0.2, 0.25) is 5.89 Å². The lowest BCUT2D eigenvalue weighted by Gasteiger charge is -2.16. The molecule has 0 bridgehead atoms. The van der Waals surface area contributed by atoms with E-state index in [-0.39, 0.29) is 0 Å². The van der Waals surface area contributed by atoms with E-state index >= 15 is 0 Å². The van der Waals surface area contributed by atoms with Gasteiger partial charge in [-0.15, -0.1) is 0 Å². The molecule has 0 aromatic carbocycles. The van der Waals surface area contributed by atoms with Crippen LogP contribution in [0.25, 0.3) is 0 Å². The van der Waals surface area contributed by atoms with Crippen LogP contribution in [0.4, 0.5) is 5.95 Å². The van der Waals surface area contributed by atoms with Gasteiger partial charge in [0.15, 0.2) is 0 Å². The number of aromatic nitrogens is 2. The maximum absolute atomic E-state index is 5.41. The van der Waals surface area contributed by atoms with Crippen LogP contribution in [0.15, 0.2) is 4.52 Å². The number of hydrogen-bond donors (Lipinski definition) is 1. The van der Waals surface area contributed by atoms with Gasteiger partial charge >= 0.3 is 0 Å². The van der Waals surface area contributed by atoms with Crippen LogP contribution in [0.3, 0.4) is 0 Å². The Kier molecular flexibility index (Phi) is 3.99. The van der Waals surface area contributed by atoms with E-state index in [0.29, 0.717) is 17.9 Å². The summed E-state index contributed by atoms with van der Waals surface area (Å²) in [4.78, 5) is 6.49. The summed E-state index contributed by atoms with van der Waals surface area (Å²) in [7, 11) is 1.98.